The van der Waals surface area contributed by atoms with Crippen LogP contribution in [0.15, 0.2) is 17.2 Å². The molecule has 0 fully saturated rings. The summed E-state index contributed by atoms with van der Waals surface area (Å²) in [5.74, 6) is -0.120. The van der Waals surface area contributed by atoms with E-state index in [0.717, 1.165) is 6.26 Å². The van der Waals surface area contributed by atoms with Gasteiger partial charge in [-0.3, -0.25) is 4.79 Å². The van der Waals surface area contributed by atoms with Crippen LogP contribution in [0.5, 0.6) is 5.88 Å². The number of halogens is 1. The summed E-state index contributed by atoms with van der Waals surface area (Å²) in [5.41, 5.74) is 1.24. The van der Waals surface area contributed by atoms with Gasteiger partial charge < -0.3 is 9.47 Å². The number of sulfone groups is 1. The molecule has 2 aromatic rings. The molecular weight excluding hydrogens is 380 g/mol. The Balaban J connectivity index is 2.60. The standard InChI is InChI=1S/C17H21ClN2O5S/c1-6-20-17(25-9-24-4)13(8-19-20)15(21)12-7-10(2)16(26(5,22)23)11(3)14(12)18/h7-8H,6,9H2,1-5H3. The molecule has 142 valence electrons. The fraction of sp³-hybridized carbons (Fsp3) is 0.412. The highest BCUT2D eigenvalue weighted by atomic mass is 35.5. The lowest BCUT2D eigenvalue weighted by Crippen LogP contribution is -2.12. The molecule has 2 rings (SSSR count). The Labute approximate surface area is 157 Å². The van der Waals surface area contributed by atoms with Crippen LogP contribution in [0.2, 0.25) is 5.02 Å². The second kappa shape index (κ2) is 7.77. The molecule has 0 saturated carbocycles. The minimum atomic E-state index is -3.47. The first-order chi connectivity index (χ1) is 12.1. The van der Waals surface area contributed by atoms with E-state index in [9.17, 15) is 13.2 Å². The van der Waals surface area contributed by atoms with Crippen molar-refractivity contribution in [2.45, 2.75) is 32.2 Å². The van der Waals surface area contributed by atoms with Gasteiger partial charge in [0.05, 0.1) is 16.1 Å². The van der Waals surface area contributed by atoms with E-state index in [0.29, 0.717) is 17.7 Å². The Kier molecular flexibility index (Phi) is 6.10. The maximum absolute atomic E-state index is 13.0. The fourth-order valence-electron chi connectivity index (χ4n) is 2.85. The molecule has 0 aliphatic heterocycles. The van der Waals surface area contributed by atoms with Gasteiger partial charge in [0.1, 0.15) is 5.56 Å². The summed E-state index contributed by atoms with van der Waals surface area (Å²) < 4.78 is 35.9. The number of aromatic nitrogens is 2. The van der Waals surface area contributed by atoms with E-state index in [1.807, 2.05) is 6.92 Å². The Morgan fingerprint density at radius 3 is 2.50 bits per heavy atom. The third-order valence-electron chi connectivity index (χ3n) is 3.89. The van der Waals surface area contributed by atoms with Crippen LogP contribution in [-0.2, 0) is 21.1 Å². The number of ketones is 1. The molecule has 9 heteroatoms. The molecule has 0 atom stereocenters. The minimum absolute atomic E-state index is 0.0369. The Hall–Kier alpha value is -1.90. The van der Waals surface area contributed by atoms with Gasteiger partial charge in [-0.1, -0.05) is 11.6 Å². The van der Waals surface area contributed by atoms with Gasteiger partial charge >= 0.3 is 0 Å². The Morgan fingerprint density at radius 1 is 1.31 bits per heavy atom. The quantitative estimate of drug-likeness (QED) is 0.524. The van der Waals surface area contributed by atoms with Gasteiger partial charge in [-0.25, -0.2) is 13.1 Å². The second-order valence-electron chi connectivity index (χ2n) is 5.84. The summed E-state index contributed by atoms with van der Waals surface area (Å²) in [6.07, 6.45) is 2.52. The molecule has 0 amide bonds. The normalized spacial score (nSPS) is 11.6. The second-order valence-corrected chi connectivity index (χ2v) is 8.17. The summed E-state index contributed by atoms with van der Waals surface area (Å²) in [5, 5.41) is 4.24. The van der Waals surface area contributed by atoms with Crippen molar-refractivity contribution in [2.24, 2.45) is 0 Å². The van der Waals surface area contributed by atoms with Crippen molar-refractivity contribution < 1.29 is 22.7 Å². The van der Waals surface area contributed by atoms with Crippen molar-refractivity contribution >= 4 is 27.2 Å². The monoisotopic (exact) mass is 400 g/mol. The van der Waals surface area contributed by atoms with E-state index in [-0.39, 0.29) is 33.7 Å². The molecule has 0 aliphatic rings. The van der Waals surface area contributed by atoms with E-state index < -0.39 is 15.6 Å². The van der Waals surface area contributed by atoms with Crippen molar-refractivity contribution in [3.63, 3.8) is 0 Å². The molecular formula is C17H21ClN2O5S. The maximum Gasteiger partial charge on any atom is 0.225 e. The molecule has 26 heavy (non-hydrogen) atoms. The van der Waals surface area contributed by atoms with E-state index in [1.165, 1.54) is 24.1 Å². The van der Waals surface area contributed by atoms with Crippen LogP contribution in [0.3, 0.4) is 0 Å². The predicted octanol–water partition coefficient (Wildman–Crippen LogP) is 2.79. The number of carbonyl (C=O) groups is 1. The number of aryl methyl sites for hydroxylation is 2. The zero-order valence-electron chi connectivity index (χ0n) is 15.3. The first-order valence-corrected chi connectivity index (χ1v) is 10.1. The van der Waals surface area contributed by atoms with Gasteiger partial charge in [0, 0.05) is 25.5 Å². The number of hydrogen-bond acceptors (Lipinski definition) is 6. The van der Waals surface area contributed by atoms with Crippen LogP contribution in [0.25, 0.3) is 0 Å². The number of nitrogens with zero attached hydrogens (tertiary/aromatic N) is 2. The van der Waals surface area contributed by atoms with Crippen molar-refractivity contribution in [2.75, 3.05) is 20.2 Å². The third kappa shape index (κ3) is 3.77. The summed E-state index contributed by atoms with van der Waals surface area (Å²) >= 11 is 6.34. The smallest absolute Gasteiger partial charge is 0.225 e. The zero-order valence-corrected chi connectivity index (χ0v) is 16.9. The first-order valence-electron chi connectivity index (χ1n) is 7.85. The fourth-order valence-corrected chi connectivity index (χ4v) is 4.44. The van der Waals surface area contributed by atoms with E-state index in [2.05, 4.69) is 5.10 Å². The summed E-state index contributed by atoms with van der Waals surface area (Å²) in [6, 6.07) is 1.48. The molecule has 0 spiro atoms. The molecule has 0 unspecified atom stereocenters. The van der Waals surface area contributed by atoms with Gasteiger partial charge in [0.15, 0.2) is 16.6 Å². The van der Waals surface area contributed by atoms with Crippen LogP contribution in [0.1, 0.15) is 34.0 Å². The largest absolute Gasteiger partial charge is 0.450 e. The molecule has 1 aromatic heterocycles. The molecule has 1 heterocycles. The number of rotatable bonds is 7. The van der Waals surface area contributed by atoms with Crippen LogP contribution in [0, 0.1) is 13.8 Å². The lowest BCUT2D eigenvalue weighted by Gasteiger charge is -2.14. The number of hydrogen-bond donors (Lipinski definition) is 0. The highest BCUT2D eigenvalue weighted by Gasteiger charge is 2.26. The number of carbonyl (C=O) groups excluding carboxylic acids is 1. The summed E-state index contributed by atoms with van der Waals surface area (Å²) in [7, 11) is -1.99. The Morgan fingerprint density at radius 2 is 1.96 bits per heavy atom. The average Bonchev–Trinajstić information content (AvgIpc) is 2.97. The molecule has 7 nitrogen and oxygen atoms in total. The maximum atomic E-state index is 13.0. The van der Waals surface area contributed by atoms with Crippen LogP contribution >= 0.6 is 11.6 Å². The van der Waals surface area contributed by atoms with Crippen molar-refractivity contribution in [3.8, 4) is 5.88 Å². The molecule has 0 N–H and O–H groups in total. The van der Waals surface area contributed by atoms with Crippen molar-refractivity contribution in [1.29, 1.82) is 0 Å². The van der Waals surface area contributed by atoms with Crippen LogP contribution in [0.4, 0.5) is 0 Å². The number of ether oxygens (including phenoxy) is 2. The van der Waals surface area contributed by atoms with Crippen LogP contribution in [-0.4, -0.2) is 44.1 Å². The third-order valence-corrected chi connectivity index (χ3v) is 5.75. The first kappa shape index (κ1) is 20.4. The van der Waals surface area contributed by atoms with Crippen LogP contribution < -0.4 is 4.74 Å². The summed E-state index contributed by atoms with van der Waals surface area (Å²) in [6.45, 7) is 5.55. The van der Waals surface area contributed by atoms with E-state index >= 15 is 0 Å². The zero-order chi connectivity index (χ0) is 19.6. The van der Waals surface area contributed by atoms with E-state index in [4.69, 9.17) is 21.1 Å². The number of methoxy groups -OCH3 is 1. The van der Waals surface area contributed by atoms with Crippen molar-refractivity contribution in [1.82, 2.24) is 9.78 Å². The highest BCUT2D eigenvalue weighted by Crippen LogP contribution is 2.33. The molecule has 1 aromatic carbocycles. The van der Waals surface area contributed by atoms with Gasteiger partial charge in [-0.05, 0) is 38.0 Å². The van der Waals surface area contributed by atoms with Gasteiger partial charge in [-0.15, -0.1) is 0 Å². The van der Waals surface area contributed by atoms with Gasteiger partial charge in [0.2, 0.25) is 11.7 Å². The predicted molar refractivity (Wildman–Crippen MR) is 97.9 cm³/mol. The number of benzene rings is 1. The topological polar surface area (TPSA) is 87.5 Å². The molecule has 0 saturated heterocycles. The van der Waals surface area contributed by atoms with Gasteiger partial charge in [-0.2, -0.15) is 5.10 Å². The van der Waals surface area contributed by atoms with Crippen molar-refractivity contribution in [3.05, 3.63) is 39.5 Å². The summed E-state index contributed by atoms with van der Waals surface area (Å²) in [4.78, 5) is 13.2. The molecule has 0 bridgehead atoms. The van der Waals surface area contributed by atoms with E-state index in [1.54, 1.807) is 13.8 Å². The Bertz CT molecular complexity index is 951. The van der Waals surface area contributed by atoms with Gasteiger partial charge in [0.25, 0.3) is 0 Å². The minimum Gasteiger partial charge on any atom is -0.450 e. The SMILES string of the molecule is CCn1ncc(C(=O)c2cc(C)c(S(C)(=O)=O)c(C)c2Cl)c1OCOC. The lowest BCUT2D eigenvalue weighted by molar-refractivity contribution is 0.0434. The molecule has 0 radical (unpaired) electrons. The molecule has 0 aliphatic carbocycles. The lowest BCUT2D eigenvalue weighted by atomic mass is 10.0. The average molecular weight is 401 g/mol. The highest BCUT2D eigenvalue weighted by molar-refractivity contribution is 7.90.